The molecule has 0 unspecified atom stereocenters. The number of amides is 1. The zero-order chi connectivity index (χ0) is 9.68. The van der Waals surface area contributed by atoms with Gasteiger partial charge in [-0.3, -0.25) is 4.79 Å². The van der Waals surface area contributed by atoms with E-state index in [0.29, 0.717) is 13.1 Å². The van der Waals surface area contributed by atoms with Crippen LogP contribution in [0.15, 0.2) is 17.5 Å². The molecular formula is C9H12ClNOS. The maximum absolute atomic E-state index is 11.3. The van der Waals surface area contributed by atoms with E-state index in [1.807, 2.05) is 24.4 Å². The van der Waals surface area contributed by atoms with Crippen LogP contribution in [-0.4, -0.2) is 23.2 Å². The molecule has 0 bridgehead atoms. The number of thiophene rings is 1. The van der Waals surface area contributed by atoms with E-state index >= 15 is 0 Å². The van der Waals surface area contributed by atoms with Gasteiger partial charge < -0.3 is 4.90 Å². The second kappa shape index (κ2) is 5.25. The largest absolute Gasteiger partial charge is 0.337 e. The molecule has 0 atom stereocenters. The molecule has 0 aliphatic carbocycles. The molecule has 4 heteroatoms. The van der Waals surface area contributed by atoms with Gasteiger partial charge in [0.2, 0.25) is 5.91 Å². The normalized spacial score (nSPS) is 10.0. The molecule has 0 aliphatic rings. The first-order valence-electron chi connectivity index (χ1n) is 4.14. The Morgan fingerprint density at radius 1 is 1.69 bits per heavy atom. The van der Waals surface area contributed by atoms with Crippen LogP contribution in [0.5, 0.6) is 0 Å². The Morgan fingerprint density at radius 3 is 2.92 bits per heavy atom. The summed E-state index contributed by atoms with van der Waals surface area (Å²) in [5, 5.41) is 2.01. The lowest BCUT2D eigenvalue weighted by molar-refractivity contribution is -0.128. The summed E-state index contributed by atoms with van der Waals surface area (Å²) in [5.74, 6) is 0.0664. The minimum absolute atomic E-state index is 0.00225. The third-order valence-electron chi connectivity index (χ3n) is 1.78. The fourth-order valence-corrected chi connectivity index (χ4v) is 1.94. The van der Waals surface area contributed by atoms with E-state index in [2.05, 4.69) is 0 Å². The fourth-order valence-electron chi connectivity index (χ4n) is 1.05. The average molecular weight is 218 g/mol. The van der Waals surface area contributed by atoms with Crippen molar-refractivity contribution in [3.63, 3.8) is 0 Å². The van der Waals surface area contributed by atoms with Crippen molar-refractivity contribution in [2.24, 2.45) is 0 Å². The maximum atomic E-state index is 11.3. The van der Waals surface area contributed by atoms with Gasteiger partial charge in [-0.05, 0) is 18.4 Å². The van der Waals surface area contributed by atoms with Crippen LogP contribution >= 0.6 is 22.9 Å². The number of hydrogen-bond donors (Lipinski definition) is 0. The molecule has 0 N–H and O–H groups in total. The van der Waals surface area contributed by atoms with Crippen molar-refractivity contribution >= 4 is 28.8 Å². The van der Waals surface area contributed by atoms with E-state index in [4.69, 9.17) is 11.6 Å². The summed E-state index contributed by atoms with van der Waals surface area (Å²) >= 11 is 7.14. The summed E-state index contributed by atoms with van der Waals surface area (Å²) in [7, 11) is 0. The summed E-state index contributed by atoms with van der Waals surface area (Å²) in [6.07, 6.45) is 0. The minimum atomic E-state index is -0.00225. The predicted molar refractivity (Wildman–Crippen MR) is 56.1 cm³/mol. The van der Waals surface area contributed by atoms with Gasteiger partial charge in [-0.25, -0.2) is 0 Å². The first-order valence-corrected chi connectivity index (χ1v) is 5.55. The molecule has 0 spiro atoms. The number of nitrogens with zero attached hydrogens (tertiary/aromatic N) is 1. The van der Waals surface area contributed by atoms with Gasteiger partial charge in [0, 0.05) is 11.4 Å². The maximum Gasteiger partial charge on any atom is 0.237 e. The van der Waals surface area contributed by atoms with Gasteiger partial charge in [-0.15, -0.1) is 22.9 Å². The molecule has 1 heterocycles. The van der Waals surface area contributed by atoms with Crippen molar-refractivity contribution in [2.45, 2.75) is 13.5 Å². The fraction of sp³-hybridized carbons (Fsp3) is 0.444. The Bertz CT molecular complexity index is 261. The molecule has 0 radical (unpaired) electrons. The van der Waals surface area contributed by atoms with Crippen LogP contribution in [0.1, 0.15) is 11.8 Å². The van der Waals surface area contributed by atoms with Crippen molar-refractivity contribution in [1.29, 1.82) is 0 Å². The number of carbonyl (C=O) groups is 1. The Morgan fingerprint density at radius 2 is 2.46 bits per heavy atom. The minimum Gasteiger partial charge on any atom is -0.337 e. The first kappa shape index (κ1) is 10.5. The van der Waals surface area contributed by atoms with Crippen LogP contribution in [0.3, 0.4) is 0 Å². The van der Waals surface area contributed by atoms with E-state index in [1.54, 1.807) is 16.2 Å². The zero-order valence-electron chi connectivity index (χ0n) is 7.50. The molecule has 1 amide bonds. The second-order valence-electron chi connectivity index (χ2n) is 2.62. The molecule has 13 heavy (non-hydrogen) atoms. The molecule has 0 aliphatic heterocycles. The van der Waals surface area contributed by atoms with Crippen LogP contribution in [0.4, 0.5) is 0 Å². The standard InChI is InChI=1S/C9H12ClNOS/c1-2-11(9(12)6-10)7-8-4-3-5-13-8/h3-5H,2,6-7H2,1H3. The number of rotatable bonds is 4. The SMILES string of the molecule is CCN(Cc1cccs1)C(=O)CCl. The number of hydrogen-bond acceptors (Lipinski definition) is 2. The van der Waals surface area contributed by atoms with Gasteiger partial charge in [-0.2, -0.15) is 0 Å². The van der Waals surface area contributed by atoms with Gasteiger partial charge >= 0.3 is 0 Å². The highest BCUT2D eigenvalue weighted by Gasteiger charge is 2.10. The molecule has 0 aromatic carbocycles. The van der Waals surface area contributed by atoms with Crippen LogP contribution in [0, 0.1) is 0 Å². The molecule has 1 aromatic heterocycles. The highest BCUT2D eigenvalue weighted by atomic mass is 35.5. The van der Waals surface area contributed by atoms with E-state index < -0.39 is 0 Å². The first-order chi connectivity index (χ1) is 6.27. The molecule has 1 aromatic rings. The molecule has 1 rings (SSSR count). The zero-order valence-corrected chi connectivity index (χ0v) is 9.07. The summed E-state index contributed by atoms with van der Waals surface area (Å²) < 4.78 is 0. The summed E-state index contributed by atoms with van der Waals surface area (Å²) in [6, 6.07) is 4.01. The van der Waals surface area contributed by atoms with Crippen molar-refractivity contribution in [3.05, 3.63) is 22.4 Å². The van der Waals surface area contributed by atoms with Crippen molar-refractivity contribution in [3.8, 4) is 0 Å². The molecular weight excluding hydrogens is 206 g/mol. The van der Waals surface area contributed by atoms with E-state index in [1.165, 1.54) is 4.88 Å². The molecule has 0 saturated heterocycles. The summed E-state index contributed by atoms with van der Waals surface area (Å²) in [5.41, 5.74) is 0. The van der Waals surface area contributed by atoms with E-state index in [-0.39, 0.29) is 11.8 Å². The van der Waals surface area contributed by atoms with Crippen LogP contribution < -0.4 is 0 Å². The Hall–Kier alpha value is -0.540. The Kier molecular flexibility index (Phi) is 4.25. The average Bonchev–Trinajstić information content (AvgIpc) is 2.65. The predicted octanol–water partition coefficient (Wildman–Crippen LogP) is 2.34. The highest BCUT2D eigenvalue weighted by Crippen LogP contribution is 2.11. The monoisotopic (exact) mass is 217 g/mol. The van der Waals surface area contributed by atoms with Crippen molar-refractivity contribution in [1.82, 2.24) is 4.90 Å². The number of halogens is 1. The van der Waals surface area contributed by atoms with Gasteiger partial charge in [0.25, 0.3) is 0 Å². The lowest BCUT2D eigenvalue weighted by Gasteiger charge is -2.18. The van der Waals surface area contributed by atoms with Gasteiger partial charge in [0.05, 0.1) is 6.54 Å². The van der Waals surface area contributed by atoms with Gasteiger partial charge in [-0.1, -0.05) is 6.07 Å². The van der Waals surface area contributed by atoms with Crippen LogP contribution in [0.25, 0.3) is 0 Å². The lowest BCUT2D eigenvalue weighted by atomic mass is 10.4. The van der Waals surface area contributed by atoms with E-state index in [0.717, 1.165) is 0 Å². The van der Waals surface area contributed by atoms with Crippen molar-refractivity contribution in [2.75, 3.05) is 12.4 Å². The Labute approximate surface area is 87.1 Å². The second-order valence-corrected chi connectivity index (χ2v) is 3.92. The smallest absolute Gasteiger partial charge is 0.237 e. The molecule has 0 fully saturated rings. The molecule has 0 saturated carbocycles. The number of alkyl halides is 1. The van der Waals surface area contributed by atoms with Crippen LogP contribution in [-0.2, 0) is 11.3 Å². The van der Waals surface area contributed by atoms with E-state index in [9.17, 15) is 4.79 Å². The quantitative estimate of drug-likeness (QED) is 0.709. The van der Waals surface area contributed by atoms with Crippen molar-refractivity contribution < 1.29 is 4.79 Å². The molecule has 2 nitrogen and oxygen atoms in total. The topological polar surface area (TPSA) is 20.3 Å². The third kappa shape index (κ3) is 3.01. The summed E-state index contributed by atoms with van der Waals surface area (Å²) in [4.78, 5) is 14.2. The van der Waals surface area contributed by atoms with Gasteiger partial charge in [0.1, 0.15) is 5.88 Å². The summed E-state index contributed by atoms with van der Waals surface area (Å²) in [6.45, 7) is 3.35. The third-order valence-corrected chi connectivity index (χ3v) is 2.87. The molecule has 72 valence electrons. The Balaban J connectivity index is 2.54. The number of carbonyl (C=O) groups excluding carboxylic acids is 1. The van der Waals surface area contributed by atoms with Crippen LogP contribution in [0.2, 0.25) is 0 Å². The highest BCUT2D eigenvalue weighted by molar-refractivity contribution is 7.09. The van der Waals surface area contributed by atoms with Gasteiger partial charge in [0.15, 0.2) is 0 Å². The lowest BCUT2D eigenvalue weighted by Crippen LogP contribution is -2.30.